The lowest BCUT2D eigenvalue weighted by Gasteiger charge is -1.89. The Morgan fingerprint density at radius 3 is 2.64 bits per heavy atom. The van der Waals surface area contributed by atoms with E-state index in [1.165, 1.54) is 12.8 Å². The zero-order valence-electron chi connectivity index (χ0n) is 8.27. The van der Waals surface area contributed by atoms with Crippen molar-refractivity contribution in [2.24, 2.45) is 0 Å². The highest BCUT2D eigenvalue weighted by atomic mass is 16.4. The Labute approximate surface area is 83.0 Å². The van der Waals surface area contributed by atoms with Gasteiger partial charge in [0.1, 0.15) is 12.4 Å². The second-order valence-corrected chi connectivity index (χ2v) is 2.73. The number of carbonyl (C=O) groups excluding carboxylic acids is 1. The van der Waals surface area contributed by atoms with Crippen LogP contribution in [0.3, 0.4) is 0 Å². The Morgan fingerprint density at radius 2 is 2.29 bits per heavy atom. The molecule has 5 nitrogen and oxygen atoms in total. The van der Waals surface area contributed by atoms with E-state index in [9.17, 15) is 0 Å². The molecule has 1 aromatic rings. The van der Waals surface area contributed by atoms with Gasteiger partial charge in [0, 0.05) is 0 Å². The van der Waals surface area contributed by atoms with Gasteiger partial charge in [-0.3, -0.25) is 4.98 Å². The third kappa shape index (κ3) is 7.30. The summed E-state index contributed by atoms with van der Waals surface area (Å²) in [5, 5.41) is 16.5. The summed E-state index contributed by atoms with van der Waals surface area (Å²) in [5.41, 5.74) is 0. The first-order chi connectivity index (χ1) is 6.70. The Balaban J connectivity index is 0.000000292. The molecule has 0 aromatic carbocycles. The van der Waals surface area contributed by atoms with Crippen LogP contribution in [0.4, 0.5) is 0 Å². The molecule has 80 valence electrons. The molecule has 0 aliphatic carbocycles. The number of nitrogens with one attached hydrogen (secondary N) is 1. The van der Waals surface area contributed by atoms with Crippen molar-refractivity contribution < 1.29 is 19.6 Å². The number of carboxylic acid groups (broad SMARTS) is 1. The Morgan fingerprint density at radius 1 is 1.64 bits per heavy atom. The van der Waals surface area contributed by atoms with Crippen LogP contribution in [0, 0.1) is 0 Å². The van der Waals surface area contributed by atoms with Gasteiger partial charge < -0.3 is 15.0 Å². The summed E-state index contributed by atoms with van der Waals surface area (Å²) in [5.74, 6) is -1.44. The minimum Gasteiger partial charge on any atom is -0.548 e. The van der Waals surface area contributed by atoms with Crippen molar-refractivity contribution in [3.8, 4) is 0 Å². The molecular formula is C9H16N2O3. The third-order valence-electron chi connectivity index (χ3n) is 1.50. The lowest BCUT2D eigenvalue weighted by Crippen LogP contribution is -2.29. The van der Waals surface area contributed by atoms with Crippen LogP contribution in [-0.4, -0.2) is 22.7 Å². The van der Waals surface area contributed by atoms with Crippen LogP contribution in [0.2, 0.25) is 0 Å². The normalized spacial score (nSPS) is 9.00. The Kier molecular flexibility index (Phi) is 7.45. The number of rotatable bonds is 4. The standard InChI is InChI=1S/C7H12N2.C2H4O3/c1-2-3-5-9-6-4-8-7-9;3-1-2(4)5/h4,6-7H,2-3,5H2,1H3;3H,1H2,(H,4,5). The fourth-order valence-corrected chi connectivity index (χ4v) is 0.800. The molecule has 1 rings (SSSR count). The molecule has 1 heterocycles. The summed E-state index contributed by atoms with van der Waals surface area (Å²) in [6, 6.07) is 0. The van der Waals surface area contributed by atoms with E-state index in [-0.39, 0.29) is 0 Å². The summed E-state index contributed by atoms with van der Waals surface area (Å²) in [7, 11) is 0. The number of aliphatic hydroxyl groups excluding tert-OH is 1. The van der Waals surface area contributed by atoms with E-state index < -0.39 is 12.6 Å². The largest absolute Gasteiger partial charge is 0.548 e. The highest BCUT2D eigenvalue weighted by molar-refractivity contribution is 5.65. The third-order valence-corrected chi connectivity index (χ3v) is 1.50. The number of unbranched alkanes of at least 4 members (excludes halogenated alkanes) is 1. The van der Waals surface area contributed by atoms with Crippen molar-refractivity contribution in [2.45, 2.75) is 26.3 Å². The quantitative estimate of drug-likeness (QED) is 0.601. The average molecular weight is 200 g/mol. The SMILES string of the molecule is CCCC[n+]1cc[nH]c1.O=C([O-])CO. The van der Waals surface area contributed by atoms with Gasteiger partial charge in [-0.05, 0) is 6.42 Å². The molecule has 0 spiro atoms. The molecule has 5 heteroatoms. The van der Waals surface area contributed by atoms with Crippen molar-refractivity contribution >= 4 is 5.97 Å². The molecule has 0 saturated heterocycles. The molecule has 1 aromatic heterocycles. The number of carboxylic acids is 1. The number of hydrogen-bond acceptors (Lipinski definition) is 3. The van der Waals surface area contributed by atoms with E-state index in [0.29, 0.717) is 0 Å². The molecule has 0 aliphatic rings. The van der Waals surface area contributed by atoms with Gasteiger partial charge in [0.2, 0.25) is 6.33 Å². The van der Waals surface area contributed by atoms with Crippen LogP contribution in [0.25, 0.3) is 0 Å². The second-order valence-electron chi connectivity index (χ2n) is 2.73. The minimum absolute atomic E-state index is 0.889. The monoisotopic (exact) mass is 200 g/mol. The van der Waals surface area contributed by atoms with Crippen LogP contribution in [0.15, 0.2) is 18.7 Å². The first-order valence-electron chi connectivity index (χ1n) is 4.53. The highest BCUT2D eigenvalue weighted by Gasteiger charge is 1.92. The van der Waals surface area contributed by atoms with E-state index in [1.807, 2.05) is 12.5 Å². The molecular weight excluding hydrogens is 184 g/mol. The van der Waals surface area contributed by atoms with E-state index in [4.69, 9.17) is 15.0 Å². The van der Waals surface area contributed by atoms with Crippen molar-refractivity contribution in [1.82, 2.24) is 4.98 Å². The fourth-order valence-electron chi connectivity index (χ4n) is 0.800. The number of aromatic nitrogens is 2. The summed E-state index contributed by atoms with van der Waals surface area (Å²) < 4.78 is 2.16. The second kappa shape index (κ2) is 8.25. The number of H-pyrrole nitrogens is 1. The van der Waals surface area contributed by atoms with Gasteiger partial charge in [-0.1, -0.05) is 13.3 Å². The summed E-state index contributed by atoms with van der Waals surface area (Å²) >= 11 is 0. The van der Waals surface area contributed by atoms with Crippen LogP contribution < -0.4 is 9.67 Å². The highest BCUT2D eigenvalue weighted by Crippen LogP contribution is 1.84. The van der Waals surface area contributed by atoms with Gasteiger partial charge in [-0.15, -0.1) is 0 Å². The first-order valence-corrected chi connectivity index (χ1v) is 4.53. The van der Waals surface area contributed by atoms with Gasteiger partial charge >= 0.3 is 0 Å². The summed E-state index contributed by atoms with van der Waals surface area (Å²) in [4.78, 5) is 12.0. The molecule has 0 radical (unpaired) electrons. The minimum atomic E-state index is -1.44. The predicted molar refractivity (Wildman–Crippen MR) is 48.0 cm³/mol. The topological polar surface area (TPSA) is 80.0 Å². The van der Waals surface area contributed by atoms with E-state index in [2.05, 4.69) is 22.7 Å². The molecule has 0 atom stereocenters. The van der Waals surface area contributed by atoms with Crippen LogP contribution in [-0.2, 0) is 11.3 Å². The van der Waals surface area contributed by atoms with Gasteiger partial charge in [-0.2, -0.15) is 0 Å². The van der Waals surface area contributed by atoms with E-state index in [1.54, 1.807) is 0 Å². The average Bonchev–Trinajstić information content (AvgIpc) is 2.68. The summed E-state index contributed by atoms with van der Waals surface area (Å²) in [6.45, 7) is 2.45. The van der Waals surface area contributed by atoms with Gasteiger partial charge in [0.25, 0.3) is 0 Å². The first kappa shape index (κ1) is 12.6. The smallest absolute Gasteiger partial charge is 0.241 e. The number of aromatic amines is 1. The number of aliphatic hydroxyl groups is 1. The predicted octanol–water partition coefficient (Wildman–Crippen LogP) is -1.17. The molecule has 0 saturated carbocycles. The Bertz CT molecular complexity index is 234. The molecule has 0 unspecified atom stereocenters. The van der Waals surface area contributed by atoms with Crippen molar-refractivity contribution in [3.05, 3.63) is 18.7 Å². The van der Waals surface area contributed by atoms with Crippen molar-refractivity contribution in [3.63, 3.8) is 0 Å². The molecule has 0 aliphatic heterocycles. The maximum absolute atomic E-state index is 9.01. The number of aryl methyl sites for hydroxylation is 1. The van der Waals surface area contributed by atoms with E-state index >= 15 is 0 Å². The Hall–Kier alpha value is -1.36. The zero-order valence-corrected chi connectivity index (χ0v) is 8.27. The lowest BCUT2D eigenvalue weighted by atomic mass is 10.3. The molecule has 0 bridgehead atoms. The lowest BCUT2D eigenvalue weighted by molar-refractivity contribution is -0.696. The van der Waals surface area contributed by atoms with Crippen LogP contribution >= 0.6 is 0 Å². The number of hydrogen-bond donors (Lipinski definition) is 2. The zero-order chi connectivity index (χ0) is 10.8. The molecule has 0 fully saturated rings. The number of aliphatic carboxylic acids is 1. The van der Waals surface area contributed by atoms with Crippen LogP contribution in [0.1, 0.15) is 19.8 Å². The maximum atomic E-state index is 9.01. The molecule has 0 amide bonds. The van der Waals surface area contributed by atoms with Gasteiger partial charge in [-0.25, -0.2) is 4.57 Å². The van der Waals surface area contributed by atoms with Gasteiger partial charge in [0.05, 0.1) is 19.1 Å². The number of nitrogens with zero attached hydrogens (tertiary/aromatic N) is 1. The summed E-state index contributed by atoms with van der Waals surface area (Å²) in [6.07, 6.45) is 8.50. The number of carbonyl (C=O) groups is 1. The fraction of sp³-hybridized carbons (Fsp3) is 0.556. The number of imidazole rings is 1. The van der Waals surface area contributed by atoms with Crippen molar-refractivity contribution in [1.29, 1.82) is 0 Å². The molecule has 14 heavy (non-hydrogen) atoms. The van der Waals surface area contributed by atoms with Gasteiger partial charge in [0.15, 0.2) is 0 Å². The van der Waals surface area contributed by atoms with E-state index in [0.717, 1.165) is 6.54 Å². The molecule has 2 N–H and O–H groups in total. The maximum Gasteiger partial charge on any atom is 0.241 e. The van der Waals surface area contributed by atoms with Crippen molar-refractivity contribution in [2.75, 3.05) is 6.61 Å². The van der Waals surface area contributed by atoms with Crippen LogP contribution in [0.5, 0.6) is 0 Å².